The molecule has 1 amide bonds. The van der Waals surface area contributed by atoms with Gasteiger partial charge in [-0.1, -0.05) is 0 Å². The molecule has 0 aliphatic heterocycles. The van der Waals surface area contributed by atoms with Gasteiger partial charge in [-0.15, -0.1) is 5.10 Å². The van der Waals surface area contributed by atoms with Crippen LogP contribution < -0.4 is 10.9 Å². The molecule has 0 atom stereocenters. The van der Waals surface area contributed by atoms with Crippen LogP contribution in [0.3, 0.4) is 0 Å². The summed E-state index contributed by atoms with van der Waals surface area (Å²) in [6.45, 7) is 0. The molecule has 8 nitrogen and oxygen atoms in total. The number of nitrogens with zero attached hydrogens (tertiary/aromatic N) is 4. The molecular formula is C13H9N5O3. The minimum Gasteiger partial charge on any atom is -0.430 e. The van der Waals surface area contributed by atoms with Crippen molar-refractivity contribution in [1.29, 1.82) is 0 Å². The summed E-state index contributed by atoms with van der Waals surface area (Å²) in [6, 6.07) is 9.54. The van der Waals surface area contributed by atoms with Crippen LogP contribution in [0.2, 0.25) is 0 Å². The number of anilines is 1. The molecule has 0 bridgehead atoms. The average molecular weight is 283 g/mol. The van der Waals surface area contributed by atoms with E-state index in [0.29, 0.717) is 5.69 Å². The van der Waals surface area contributed by atoms with E-state index in [9.17, 15) is 9.59 Å². The van der Waals surface area contributed by atoms with Gasteiger partial charge in [-0.05, 0) is 40.8 Å². The fourth-order valence-corrected chi connectivity index (χ4v) is 1.67. The zero-order chi connectivity index (χ0) is 14.7. The SMILES string of the molecule is O=C(Nc1ccc(-n2cnnn2)cc1)c1ccc(=O)oc1. The highest BCUT2D eigenvalue weighted by Gasteiger charge is 2.07. The first-order chi connectivity index (χ1) is 10.2. The summed E-state index contributed by atoms with van der Waals surface area (Å²) in [6.07, 6.45) is 2.59. The molecule has 0 saturated carbocycles. The average Bonchev–Trinajstić information content (AvgIpc) is 3.03. The van der Waals surface area contributed by atoms with Crippen LogP contribution in [0.5, 0.6) is 0 Å². The van der Waals surface area contributed by atoms with Crippen molar-refractivity contribution in [2.24, 2.45) is 0 Å². The van der Waals surface area contributed by atoms with Crippen molar-refractivity contribution in [3.05, 3.63) is 65.0 Å². The predicted molar refractivity (Wildman–Crippen MR) is 72.1 cm³/mol. The minimum atomic E-state index is -0.502. The Balaban J connectivity index is 1.74. The smallest absolute Gasteiger partial charge is 0.335 e. The van der Waals surface area contributed by atoms with Gasteiger partial charge in [-0.25, -0.2) is 9.48 Å². The van der Waals surface area contributed by atoms with Gasteiger partial charge in [-0.2, -0.15) is 0 Å². The van der Waals surface area contributed by atoms with Crippen LogP contribution in [-0.4, -0.2) is 26.1 Å². The maximum atomic E-state index is 11.9. The number of carbonyl (C=O) groups excluding carboxylic acids is 1. The predicted octanol–water partition coefficient (Wildman–Crippen LogP) is 0.868. The molecule has 3 aromatic rings. The summed E-state index contributed by atoms with van der Waals surface area (Å²) >= 11 is 0. The molecule has 0 spiro atoms. The normalized spacial score (nSPS) is 10.3. The standard InChI is InChI=1S/C13H9N5O3/c19-12-6-1-9(7-21-12)13(20)15-10-2-4-11(5-3-10)18-8-14-16-17-18/h1-8H,(H,15,20). The lowest BCUT2D eigenvalue weighted by Crippen LogP contribution is -2.13. The lowest BCUT2D eigenvalue weighted by molar-refractivity contribution is 0.102. The fourth-order valence-electron chi connectivity index (χ4n) is 1.67. The Morgan fingerprint density at radius 3 is 2.57 bits per heavy atom. The Morgan fingerprint density at radius 2 is 1.95 bits per heavy atom. The van der Waals surface area contributed by atoms with Crippen molar-refractivity contribution in [1.82, 2.24) is 20.2 Å². The van der Waals surface area contributed by atoms with E-state index in [-0.39, 0.29) is 11.5 Å². The Hall–Kier alpha value is -3.29. The molecule has 3 rings (SSSR count). The van der Waals surface area contributed by atoms with E-state index >= 15 is 0 Å². The molecule has 0 saturated heterocycles. The highest BCUT2D eigenvalue weighted by molar-refractivity contribution is 6.03. The lowest BCUT2D eigenvalue weighted by atomic mass is 10.2. The molecule has 2 aromatic heterocycles. The van der Waals surface area contributed by atoms with Gasteiger partial charge in [0.25, 0.3) is 5.91 Å². The maximum Gasteiger partial charge on any atom is 0.335 e. The van der Waals surface area contributed by atoms with Gasteiger partial charge in [0.2, 0.25) is 0 Å². The van der Waals surface area contributed by atoms with Gasteiger partial charge < -0.3 is 9.73 Å². The lowest BCUT2D eigenvalue weighted by Gasteiger charge is -2.05. The second-order valence-electron chi connectivity index (χ2n) is 4.10. The fraction of sp³-hybridized carbons (Fsp3) is 0. The number of carbonyl (C=O) groups is 1. The number of benzene rings is 1. The van der Waals surface area contributed by atoms with Crippen molar-refractivity contribution in [3.63, 3.8) is 0 Å². The van der Waals surface area contributed by atoms with Gasteiger partial charge in [0, 0.05) is 11.8 Å². The van der Waals surface area contributed by atoms with E-state index in [0.717, 1.165) is 12.0 Å². The molecule has 1 N–H and O–H groups in total. The number of amides is 1. The van der Waals surface area contributed by atoms with Crippen LogP contribution in [0.4, 0.5) is 5.69 Å². The molecule has 21 heavy (non-hydrogen) atoms. The number of hydrogen-bond donors (Lipinski definition) is 1. The molecular weight excluding hydrogens is 274 g/mol. The Labute approximate surface area is 118 Å². The number of tetrazole rings is 1. The topological polar surface area (TPSA) is 103 Å². The first-order valence-electron chi connectivity index (χ1n) is 5.96. The van der Waals surface area contributed by atoms with Crippen LogP contribution in [0.25, 0.3) is 5.69 Å². The third-order valence-electron chi connectivity index (χ3n) is 2.70. The third kappa shape index (κ3) is 2.84. The summed E-state index contributed by atoms with van der Waals surface area (Å²) in [5.74, 6) is -0.367. The Morgan fingerprint density at radius 1 is 1.14 bits per heavy atom. The monoisotopic (exact) mass is 283 g/mol. The summed E-state index contributed by atoms with van der Waals surface area (Å²) in [5.41, 5.74) is 1.13. The Kier molecular flexibility index (Phi) is 3.26. The van der Waals surface area contributed by atoms with E-state index in [1.165, 1.54) is 23.1 Å². The van der Waals surface area contributed by atoms with Crippen molar-refractivity contribution < 1.29 is 9.21 Å². The number of rotatable bonds is 3. The van der Waals surface area contributed by atoms with E-state index in [4.69, 9.17) is 0 Å². The largest absolute Gasteiger partial charge is 0.430 e. The summed E-state index contributed by atoms with van der Waals surface area (Å²) in [5, 5.41) is 13.5. The first kappa shape index (κ1) is 12.7. The van der Waals surface area contributed by atoms with Crippen LogP contribution in [0, 0.1) is 0 Å². The number of aromatic nitrogens is 4. The second kappa shape index (κ2) is 5.37. The Bertz CT molecular complexity index is 788. The van der Waals surface area contributed by atoms with E-state index in [1.807, 2.05) is 0 Å². The second-order valence-corrected chi connectivity index (χ2v) is 4.10. The van der Waals surface area contributed by atoms with Crippen molar-refractivity contribution in [2.75, 3.05) is 5.32 Å². The highest BCUT2D eigenvalue weighted by Crippen LogP contribution is 2.13. The van der Waals surface area contributed by atoms with Gasteiger partial charge in [0.15, 0.2) is 0 Å². The van der Waals surface area contributed by atoms with Gasteiger partial charge >= 0.3 is 5.63 Å². The minimum absolute atomic E-state index is 0.263. The molecule has 104 valence electrons. The van der Waals surface area contributed by atoms with Crippen molar-refractivity contribution >= 4 is 11.6 Å². The number of hydrogen-bond acceptors (Lipinski definition) is 6. The number of nitrogens with one attached hydrogen (secondary N) is 1. The molecule has 8 heteroatoms. The van der Waals surface area contributed by atoms with Gasteiger partial charge in [0.05, 0.1) is 11.3 Å². The van der Waals surface area contributed by atoms with Gasteiger partial charge in [0.1, 0.15) is 12.6 Å². The van der Waals surface area contributed by atoms with Crippen LogP contribution in [0.15, 0.2) is 58.2 Å². The first-order valence-corrected chi connectivity index (χ1v) is 5.96. The molecule has 0 aliphatic carbocycles. The van der Waals surface area contributed by atoms with E-state index in [1.54, 1.807) is 24.3 Å². The van der Waals surface area contributed by atoms with Crippen LogP contribution in [-0.2, 0) is 0 Å². The van der Waals surface area contributed by atoms with E-state index < -0.39 is 5.63 Å². The summed E-state index contributed by atoms with van der Waals surface area (Å²) in [4.78, 5) is 22.8. The maximum absolute atomic E-state index is 11.9. The molecule has 0 unspecified atom stereocenters. The molecule has 2 heterocycles. The molecule has 0 fully saturated rings. The van der Waals surface area contributed by atoms with Crippen LogP contribution in [0.1, 0.15) is 10.4 Å². The van der Waals surface area contributed by atoms with Crippen molar-refractivity contribution in [3.8, 4) is 5.69 Å². The third-order valence-corrected chi connectivity index (χ3v) is 2.70. The zero-order valence-corrected chi connectivity index (χ0v) is 10.6. The summed E-state index contributed by atoms with van der Waals surface area (Å²) in [7, 11) is 0. The molecule has 0 radical (unpaired) electrons. The molecule has 0 aliphatic rings. The zero-order valence-electron chi connectivity index (χ0n) is 10.6. The molecule has 1 aromatic carbocycles. The quantitative estimate of drug-likeness (QED) is 0.765. The van der Waals surface area contributed by atoms with Crippen LogP contribution >= 0.6 is 0 Å². The van der Waals surface area contributed by atoms with Gasteiger partial charge in [-0.3, -0.25) is 4.79 Å². The highest BCUT2D eigenvalue weighted by atomic mass is 16.4. The summed E-state index contributed by atoms with van der Waals surface area (Å²) < 4.78 is 6.14. The van der Waals surface area contributed by atoms with Crippen molar-refractivity contribution in [2.45, 2.75) is 0 Å². The van der Waals surface area contributed by atoms with E-state index in [2.05, 4.69) is 25.3 Å².